The minimum atomic E-state index is 0.558. The third-order valence-corrected chi connectivity index (χ3v) is 3.36. The van der Waals surface area contributed by atoms with Gasteiger partial charge in [0.1, 0.15) is 11.5 Å². The van der Waals surface area contributed by atoms with Gasteiger partial charge in [0.25, 0.3) is 0 Å². The first kappa shape index (κ1) is 13.4. The second-order valence-electron chi connectivity index (χ2n) is 4.81. The van der Waals surface area contributed by atoms with Gasteiger partial charge < -0.3 is 10.5 Å². The highest BCUT2D eigenvalue weighted by Crippen LogP contribution is 2.33. The summed E-state index contributed by atoms with van der Waals surface area (Å²) in [7, 11) is 0. The van der Waals surface area contributed by atoms with E-state index >= 15 is 0 Å². The molecule has 2 heteroatoms. The minimum absolute atomic E-state index is 0.558. The zero-order valence-electron chi connectivity index (χ0n) is 11.7. The summed E-state index contributed by atoms with van der Waals surface area (Å²) >= 11 is 0. The lowest BCUT2D eigenvalue weighted by atomic mass is 10.0. The lowest BCUT2D eigenvalue weighted by Crippen LogP contribution is -1.95. The molecule has 21 heavy (non-hydrogen) atoms. The average Bonchev–Trinajstić information content (AvgIpc) is 2.56. The molecule has 0 fully saturated rings. The van der Waals surface area contributed by atoms with Crippen LogP contribution in [0.3, 0.4) is 0 Å². The first-order valence-electron chi connectivity index (χ1n) is 6.98. The van der Waals surface area contributed by atoms with E-state index in [-0.39, 0.29) is 0 Å². The molecule has 0 aliphatic rings. The Balaban J connectivity index is 1.95. The van der Waals surface area contributed by atoms with Crippen LogP contribution in [0.1, 0.15) is 5.56 Å². The van der Waals surface area contributed by atoms with E-state index in [1.165, 1.54) is 0 Å². The molecule has 0 unspecified atom stereocenters. The Hall–Kier alpha value is -2.58. The second kappa shape index (κ2) is 6.25. The third kappa shape index (κ3) is 3.12. The fourth-order valence-electron chi connectivity index (χ4n) is 2.23. The quantitative estimate of drug-likeness (QED) is 0.755. The number of rotatable bonds is 4. The van der Waals surface area contributed by atoms with Crippen molar-refractivity contribution in [1.82, 2.24) is 0 Å². The molecule has 0 heterocycles. The van der Waals surface area contributed by atoms with Gasteiger partial charge in [-0.25, -0.2) is 0 Å². The maximum Gasteiger partial charge on any atom is 0.135 e. The van der Waals surface area contributed by atoms with E-state index in [1.54, 1.807) is 0 Å². The van der Waals surface area contributed by atoms with Gasteiger partial charge in [-0.05, 0) is 29.3 Å². The van der Waals surface area contributed by atoms with E-state index < -0.39 is 0 Å². The maximum atomic E-state index is 6.00. The number of hydrogen-bond donors (Lipinski definition) is 1. The Bertz CT molecular complexity index is 705. The van der Waals surface area contributed by atoms with Crippen LogP contribution in [-0.4, -0.2) is 0 Å². The van der Waals surface area contributed by atoms with Crippen LogP contribution in [0.15, 0.2) is 78.9 Å². The zero-order valence-corrected chi connectivity index (χ0v) is 11.7. The van der Waals surface area contributed by atoms with Crippen molar-refractivity contribution in [1.29, 1.82) is 0 Å². The van der Waals surface area contributed by atoms with Crippen molar-refractivity contribution in [3.8, 4) is 22.6 Å². The van der Waals surface area contributed by atoms with Gasteiger partial charge in [0.05, 0.1) is 0 Å². The molecule has 0 aliphatic heterocycles. The molecule has 0 saturated carbocycles. The van der Waals surface area contributed by atoms with Crippen LogP contribution in [0.2, 0.25) is 0 Å². The maximum absolute atomic E-state index is 6.00. The van der Waals surface area contributed by atoms with Crippen molar-refractivity contribution in [2.75, 3.05) is 0 Å². The van der Waals surface area contributed by atoms with Gasteiger partial charge in [-0.15, -0.1) is 0 Å². The molecule has 2 N–H and O–H groups in total. The van der Waals surface area contributed by atoms with E-state index in [9.17, 15) is 0 Å². The predicted octanol–water partition coefficient (Wildman–Crippen LogP) is 4.60. The minimum Gasteiger partial charge on any atom is -0.457 e. The van der Waals surface area contributed by atoms with Crippen LogP contribution in [0, 0.1) is 0 Å². The van der Waals surface area contributed by atoms with E-state index in [1.807, 2.05) is 48.5 Å². The summed E-state index contributed by atoms with van der Waals surface area (Å²) in [6, 6.07) is 26.1. The highest BCUT2D eigenvalue weighted by atomic mass is 16.5. The van der Waals surface area contributed by atoms with Gasteiger partial charge in [-0.2, -0.15) is 0 Å². The molecule has 0 radical (unpaired) electrons. The molecular weight excluding hydrogens is 258 g/mol. The number of hydrogen-bond acceptors (Lipinski definition) is 2. The van der Waals surface area contributed by atoms with E-state index in [2.05, 4.69) is 30.3 Å². The fourth-order valence-corrected chi connectivity index (χ4v) is 2.23. The summed E-state index contributed by atoms with van der Waals surface area (Å²) in [5.74, 6) is 1.69. The van der Waals surface area contributed by atoms with Crippen molar-refractivity contribution in [2.24, 2.45) is 5.73 Å². The number of para-hydroxylation sites is 2. The first-order valence-corrected chi connectivity index (χ1v) is 6.98. The highest BCUT2D eigenvalue weighted by molar-refractivity contribution is 5.71. The topological polar surface area (TPSA) is 35.2 Å². The Morgan fingerprint density at radius 2 is 1.38 bits per heavy atom. The van der Waals surface area contributed by atoms with E-state index in [0.29, 0.717) is 6.54 Å². The van der Waals surface area contributed by atoms with Gasteiger partial charge in [0, 0.05) is 12.1 Å². The normalized spacial score (nSPS) is 10.3. The van der Waals surface area contributed by atoms with Gasteiger partial charge >= 0.3 is 0 Å². The third-order valence-electron chi connectivity index (χ3n) is 3.36. The largest absolute Gasteiger partial charge is 0.457 e. The van der Waals surface area contributed by atoms with Gasteiger partial charge in [-0.3, -0.25) is 0 Å². The summed E-state index contributed by atoms with van der Waals surface area (Å²) < 4.78 is 6.00. The summed E-state index contributed by atoms with van der Waals surface area (Å²) in [5.41, 5.74) is 8.97. The van der Waals surface area contributed by atoms with Crippen molar-refractivity contribution in [3.05, 3.63) is 84.4 Å². The smallest absolute Gasteiger partial charge is 0.135 e. The number of nitrogens with two attached hydrogens (primary N) is 1. The molecule has 0 bridgehead atoms. The lowest BCUT2D eigenvalue weighted by molar-refractivity contribution is 0.484. The predicted molar refractivity (Wildman–Crippen MR) is 86.3 cm³/mol. The van der Waals surface area contributed by atoms with Crippen LogP contribution < -0.4 is 10.5 Å². The molecule has 104 valence electrons. The molecule has 0 amide bonds. The van der Waals surface area contributed by atoms with E-state index in [4.69, 9.17) is 10.5 Å². The molecule has 2 nitrogen and oxygen atoms in total. The van der Waals surface area contributed by atoms with Gasteiger partial charge in [0.15, 0.2) is 0 Å². The summed E-state index contributed by atoms with van der Waals surface area (Å²) in [5, 5.41) is 0. The van der Waals surface area contributed by atoms with Gasteiger partial charge in [-0.1, -0.05) is 60.7 Å². The van der Waals surface area contributed by atoms with E-state index in [0.717, 1.165) is 28.2 Å². The van der Waals surface area contributed by atoms with Gasteiger partial charge in [0.2, 0.25) is 0 Å². The molecule has 0 atom stereocenters. The summed E-state index contributed by atoms with van der Waals surface area (Å²) in [4.78, 5) is 0. The van der Waals surface area contributed by atoms with Crippen molar-refractivity contribution < 1.29 is 4.74 Å². The van der Waals surface area contributed by atoms with Crippen LogP contribution in [0.4, 0.5) is 0 Å². The lowest BCUT2D eigenvalue weighted by Gasteiger charge is -2.11. The first-order chi connectivity index (χ1) is 10.4. The average molecular weight is 275 g/mol. The Morgan fingerprint density at radius 3 is 2.10 bits per heavy atom. The molecule has 0 saturated heterocycles. The molecule has 0 spiro atoms. The second-order valence-corrected chi connectivity index (χ2v) is 4.81. The monoisotopic (exact) mass is 275 g/mol. The Labute approximate surface area is 124 Å². The van der Waals surface area contributed by atoms with Crippen molar-refractivity contribution in [2.45, 2.75) is 6.54 Å². The zero-order chi connectivity index (χ0) is 14.5. The molecule has 3 rings (SSSR count). The van der Waals surface area contributed by atoms with Crippen molar-refractivity contribution in [3.63, 3.8) is 0 Å². The fraction of sp³-hybridized carbons (Fsp3) is 0.0526. The summed E-state index contributed by atoms with van der Waals surface area (Å²) in [6.45, 7) is 0.558. The number of benzene rings is 3. The SMILES string of the molecule is NCc1ccc(-c2ccccc2Oc2ccccc2)cc1. The molecule has 3 aromatic carbocycles. The standard InChI is InChI=1S/C19H17NO/c20-14-15-10-12-16(13-11-15)18-8-4-5-9-19(18)21-17-6-2-1-3-7-17/h1-13H,14,20H2. The highest BCUT2D eigenvalue weighted by Gasteiger charge is 2.06. The van der Waals surface area contributed by atoms with Crippen molar-refractivity contribution >= 4 is 0 Å². The Kier molecular flexibility index (Phi) is 3.99. The van der Waals surface area contributed by atoms with Crippen LogP contribution in [-0.2, 0) is 6.54 Å². The summed E-state index contributed by atoms with van der Waals surface area (Å²) in [6.07, 6.45) is 0. The number of ether oxygens (including phenoxy) is 1. The Morgan fingerprint density at radius 1 is 0.714 bits per heavy atom. The molecular formula is C19H17NO. The van der Waals surface area contributed by atoms with Crippen LogP contribution in [0.25, 0.3) is 11.1 Å². The molecule has 0 aromatic heterocycles. The molecule has 0 aliphatic carbocycles. The van der Waals surface area contributed by atoms with Crippen LogP contribution >= 0.6 is 0 Å². The molecule has 3 aromatic rings. The van der Waals surface area contributed by atoms with Crippen LogP contribution in [0.5, 0.6) is 11.5 Å².